The number of carbonyl (C=O) groups is 3. The van der Waals surface area contributed by atoms with Crippen LogP contribution in [0, 0.1) is 0 Å². The smallest absolute Gasteiger partial charge is 0.255 e. The molecule has 6 atom stereocenters. The quantitative estimate of drug-likeness (QED) is 0.0542. The third-order valence-electron chi connectivity index (χ3n) is 9.59. The van der Waals surface area contributed by atoms with Gasteiger partial charge in [-0.1, -0.05) is 37.3 Å². The van der Waals surface area contributed by atoms with Crippen LogP contribution in [0.2, 0.25) is 5.02 Å². The van der Waals surface area contributed by atoms with E-state index in [0.29, 0.717) is 61.0 Å². The average Bonchev–Trinajstić information content (AvgIpc) is 3.63. The molecule has 3 rings (SSSR count). The molecule has 1 aromatic carbocycles. The minimum Gasteiger partial charge on any atom is -0.492 e. The Kier molecular flexibility index (Phi) is 18.7. The molecule has 51 heavy (non-hydrogen) atoms. The van der Waals surface area contributed by atoms with Crippen molar-refractivity contribution < 1.29 is 49.4 Å². The number of unbranched alkanes of at least 4 members (excludes halogenated alkanes) is 6. The summed E-state index contributed by atoms with van der Waals surface area (Å²) in [6, 6.07) is 1.43. The highest BCUT2D eigenvalue weighted by atomic mass is 35.5. The summed E-state index contributed by atoms with van der Waals surface area (Å²) in [5.74, 6) is 0.0191. The van der Waals surface area contributed by atoms with Crippen LogP contribution in [0.25, 0.3) is 0 Å². The highest BCUT2D eigenvalue weighted by Gasteiger charge is 2.33. The fraction of sp³-hybridized carbons (Fsp3) is 0.743. The summed E-state index contributed by atoms with van der Waals surface area (Å²) in [5, 5.41) is 56.3. The number of hydrogen-bond acceptors (Lipinski definition) is 12. The van der Waals surface area contributed by atoms with Gasteiger partial charge in [-0.25, -0.2) is 0 Å². The largest absolute Gasteiger partial charge is 0.492 e. The molecule has 2 aliphatic heterocycles. The average molecular weight is 744 g/mol. The van der Waals surface area contributed by atoms with Crippen molar-refractivity contribution in [2.24, 2.45) is 0 Å². The van der Waals surface area contributed by atoms with Crippen LogP contribution in [0.4, 0.5) is 5.69 Å². The maximum Gasteiger partial charge on any atom is 0.255 e. The number of benzene rings is 1. The van der Waals surface area contributed by atoms with Crippen molar-refractivity contribution in [2.75, 3.05) is 58.8 Å². The SMILES string of the molecule is CO[C@H]1CN(CCCCCC(=O)NCCCCCCCC(=O)NC[C@H](O)[C@@H](O)[C@H](O)[C@H](O)CO)CC[C@H]1NC(=O)c1cc(Cl)c(N)c2c1OCC2. The van der Waals surface area contributed by atoms with Gasteiger partial charge in [0.1, 0.15) is 24.1 Å². The normalized spacial score (nSPS) is 19.7. The highest BCUT2D eigenvalue weighted by molar-refractivity contribution is 6.33. The topological polar surface area (TPSA) is 236 Å². The third kappa shape index (κ3) is 13.6. The Balaban J connectivity index is 1.18. The van der Waals surface area contributed by atoms with Crippen molar-refractivity contribution in [3.8, 4) is 5.75 Å². The second-order valence-corrected chi connectivity index (χ2v) is 13.9. The number of aliphatic hydroxyl groups excluding tert-OH is 5. The molecule has 0 radical (unpaired) electrons. The summed E-state index contributed by atoms with van der Waals surface area (Å²) in [5.41, 5.74) is 7.72. The van der Waals surface area contributed by atoms with Crippen LogP contribution in [-0.4, -0.2) is 138 Å². The van der Waals surface area contributed by atoms with E-state index in [4.69, 9.17) is 31.9 Å². The van der Waals surface area contributed by atoms with Gasteiger partial charge in [0.2, 0.25) is 11.8 Å². The molecule has 0 aromatic heterocycles. The lowest BCUT2D eigenvalue weighted by atomic mass is 9.99. The van der Waals surface area contributed by atoms with Gasteiger partial charge in [-0.3, -0.25) is 14.4 Å². The molecular weight excluding hydrogens is 686 g/mol. The number of amides is 3. The Morgan fingerprint density at radius 3 is 2.33 bits per heavy atom. The van der Waals surface area contributed by atoms with Crippen LogP contribution < -0.4 is 26.4 Å². The number of halogens is 1. The first-order valence-electron chi connectivity index (χ1n) is 18.1. The molecule has 1 fully saturated rings. The van der Waals surface area contributed by atoms with E-state index in [2.05, 4.69) is 20.9 Å². The van der Waals surface area contributed by atoms with E-state index in [0.717, 1.165) is 70.0 Å². The van der Waals surface area contributed by atoms with Crippen LogP contribution >= 0.6 is 11.6 Å². The number of aliphatic hydroxyl groups is 5. The van der Waals surface area contributed by atoms with Gasteiger partial charge < -0.3 is 61.6 Å². The lowest BCUT2D eigenvalue weighted by Gasteiger charge is -2.38. The van der Waals surface area contributed by atoms with Crippen molar-refractivity contribution in [3.63, 3.8) is 0 Å². The number of hydrogen-bond donors (Lipinski definition) is 9. The van der Waals surface area contributed by atoms with E-state index in [-0.39, 0.29) is 42.8 Å². The van der Waals surface area contributed by atoms with Gasteiger partial charge in [0.05, 0.1) is 47.7 Å². The van der Waals surface area contributed by atoms with Gasteiger partial charge in [-0.05, 0) is 44.7 Å². The molecule has 0 unspecified atom stereocenters. The van der Waals surface area contributed by atoms with E-state index in [9.17, 15) is 34.8 Å². The van der Waals surface area contributed by atoms with Crippen LogP contribution in [0.5, 0.6) is 5.75 Å². The zero-order valence-corrected chi connectivity index (χ0v) is 30.4. The van der Waals surface area contributed by atoms with Crippen molar-refractivity contribution in [2.45, 2.75) is 114 Å². The molecule has 2 heterocycles. The van der Waals surface area contributed by atoms with E-state index in [1.165, 1.54) is 0 Å². The first-order chi connectivity index (χ1) is 24.5. The molecule has 1 aromatic rings. The predicted octanol–water partition coefficient (Wildman–Crippen LogP) is 0.246. The van der Waals surface area contributed by atoms with Crippen molar-refractivity contribution in [1.82, 2.24) is 20.9 Å². The number of carbonyl (C=O) groups excluding carboxylic acids is 3. The second kappa shape index (κ2) is 22.3. The number of fused-ring (bicyclic) bond motifs is 1. The number of nitrogens with zero attached hydrogens (tertiary/aromatic N) is 1. The fourth-order valence-electron chi connectivity index (χ4n) is 6.42. The Morgan fingerprint density at radius 2 is 1.63 bits per heavy atom. The molecule has 0 aliphatic carbocycles. The number of ether oxygens (including phenoxy) is 2. The monoisotopic (exact) mass is 743 g/mol. The van der Waals surface area contributed by atoms with E-state index < -0.39 is 31.0 Å². The van der Waals surface area contributed by atoms with Crippen molar-refractivity contribution in [3.05, 3.63) is 22.2 Å². The number of anilines is 1. The zero-order chi connectivity index (χ0) is 37.3. The van der Waals surface area contributed by atoms with E-state index >= 15 is 0 Å². The summed E-state index contributed by atoms with van der Waals surface area (Å²) < 4.78 is 11.5. The van der Waals surface area contributed by atoms with Crippen molar-refractivity contribution in [1.29, 1.82) is 0 Å². The van der Waals surface area contributed by atoms with Gasteiger partial charge in [-0.2, -0.15) is 0 Å². The summed E-state index contributed by atoms with van der Waals surface area (Å²) in [6.07, 6.45) is 2.34. The number of rotatable bonds is 23. The Morgan fingerprint density at radius 1 is 0.980 bits per heavy atom. The van der Waals surface area contributed by atoms with Crippen LogP contribution in [0.1, 0.15) is 86.6 Å². The van der Waals surface area contributed by atoms with Crippen LogP contribution in [0.3, 0.4) is 0 Å². The highest BCUT2D eigenvalue weighted by Crippen LogP contribution is 2.38. The first kappa shape index (κ1) is 42.7. The van der Waals surface area contributed by atoms with E-state index in [1.54, 1.807) is 13.2 Å². The molecule has 16 heteroatoms. The summed E-state index contributed by atoms with van der Waals surface area (Å²) in [7, 11) is 1.66. The number of nitrogens with two attached hydrogens (primary N) is 1. The molecular formula is C35H58ClN5O10. The van der Waals surface area contributed by atoms with Crippen LogP contribution in [-0.2, 0) is 20.7 Å². The van der Waals surface area contributed by atoms with Crippen LogP contribution in [0.15, 0.2) is 6.07 Å². The third-order valence-corrected chi connectivity index (χ3v) is 9.91. The van der Waals surface area contributed by atoms with Crippen molar-refractivity contribution >= 4 is 35.0 Å². The van der Waals surface area contributed by atoms with Gasteiger partial charge in [-0.15, -0.1) is 0 Å². The lowest BCUT2D eigenvalue weighted by Crippen LogP contribution is -2.54. The lowest BCUT2D eigenvalue weighted by molar-refractivity contribution is -0.126. The zero-order valence-electron chi connectivity index (χ0n) is 29.7. The predicted molar refractivity (Wildman–Crippen MR) is 191 cm³/mol. The molecule has 10 N–H and O–H groups in total. The summed E-state index contributed by atoms with van der Waals surface area (Å²) >= 11 is 6.29. The number of methoxy groups -OCH3 is 1. The minimum absolute atomic E-state index is 0.0480. The maximum absolute atomic E-state index is 13.2. The standard InChI is InChI=1S/C35H58ClN5O10/c1-50-28-20-41(16-12-25(28)40-35(49)23-18-24(36)31(37)22-13-17-51-34(22)23)15-9-5-7-10-29(45)38-14-8-4-2-3-6-11-30(46)39-19-26(43)32(47)33(48)27(44)21-42/h18,25-28,32-33,42-44,47-48H,2-17,19-21,37H2,1H3,(H,38,45)(H,39,46)(H,40,49)/t25-,26+,27-,28+,32-,33-/m1/s1. The molecule has 15 nitrogen and oxygen atoms in total. The van der Waals surface area contributed by atoms with Gasteiger partial charge in [0.25, 0.3) is 5.91 Å². The number of nitrogen functional groups attached to an aromatic ring is 1. The Labute approximate surface area is 305 Å². The Hall–Kier alpha value is -2.76. The molecule has 1 saturated heterocycles. The Bertz CT molecular complexity index is 1260. The van der Waals surface area contributed by atoms with Gasteiger partial charge >= 0.3 is 0 Å². The molecule has 0 saturated carbocycles. The number of nitrogens with one attached hydrogen (secondary N) is 3. The number of likely N-dealkylation sites (tertiary alicyclic amines) is 1. The van der Waals surface area contributed by atoms with Gasteiger partial charge in [0, 0.05) is 58.1 Å². The molecule has 3 amide bonds. The molecule has 0 spiro atoms. The minimum atomic E-state index is -1.73. The second-order valence-electron chi connectivity index (χ2n) is 13.5. The molecule has 2 aliphatic rings. The maximum atomic E-state index is 13.2. The molecule has 290 valence electrons. The summed E-state index contributed by atoms with van der Waals surface area (Å²) in [6.45, 7) is 2.45. The van der Waals surface area contributed by atoms with E-state index in [1.807, 2.05) is 0 Å². The fourth-order valence-corrected chi connectivity index (χ4v) is 6.64. The summed E-state index contributed by atoms with van der Waals surface area (Å²) in [4.78, 5) is 39.7. The first-order valence-corrected chi connectivity index (χ1v) is 18.5. The molecule has 0 bridgehead atoms. The van der Waals surface area contributed by atoms with Gasteiger partial charge in [0.15, 0.2) is 0 Å². The number of piperidine rings is 1.